The largest absolute Gasteiger partial charge is 0.493 e. The van der Waals surface area contributed by atoms with E-state index in [0.29, 0.717) is 12.6 Å². The van der Waals surface area contributed by atoms with Gasteiger partial charge in [0, 0.05) is 12.6 Å². The molecule has 0 unspecified atom stereocenters. The van der Waals surface area contributed by atoms with Crippen molar-refractivity contribution in [2.45, 2.75) is 71.1 Å². The molecule has 0 saturated heterocycles. The summed E-state index contributed by atoms with van der Waals surface area (Å²) >= 11 is 0. The Bertz CT molecular complexity index is 694. The minimum absolute atomic E-state index is 0. The molecular formula is C24H34ClNO2. The Labute approximate surface area is 176 Å². The van der Waals surface area contributed by atoms with Crippen LogP contribution in [0.5, 0.6) is 11.5 Å². The molecule has 1 saturated carbocycles. The van der Waals surface area contributed by atoms with E-state index in [1.165, 1.54) is 56.1 Å². The molecule has 2 aromatic carbocycles. The third-order valence-corrected chi connectivity index (χ3v) is 5.44. The first-order chi connectivity index (χ1) is 13.2. The van der Waals surface area contributed by atoms with Gasteiger partial charge in [0.05, 0.1) is 7.11 Å². The third-order valence-electron chi connectivity index (χ3n) is 5.44. The van der Waals surface area contributed by atoms with E-state index in [0.717, 1.165) is 23.6 Å². The highest BCUT2D eigenvalue weighted by Crippen LogP contribution is 2.29. The maximum atomic E-state index is 5.99. The van der Waals surface area contributed by atoms with E-state index in [2.05, 4.69) is 48.6 Å². The fourth-order valence-corrected chi connectivity index (χ4v) is 3.71. The van der Waals surface area contributed by atoms with Gasteiger partial charge in [-0.15, -0.1) is 12.4 Å². The van der Waals surface area contributed by atoms with Crippen LogP contribution in [0.3, 0.4) is 0 Å². The van der Waals surface area contributed by atoms with Crippen molar-refractivity contribution in [3.63, 3.8) is 0 Å². The van der Waals surface area contributed by atoms with Crippen LogP contribution in [0.15, 0.2) is 42.5 Å². The molecule has 1 aliphatic carbocycles. The second kappa shape index (κ2) is 12.0. The minimum atomic E-state index is 0. The first kappa shape index (κ1) is 22.6. The lowest BCUT2D eigenvalue weighted by molar-refractivity contribution is 0.284. The standard InChI is InChI=1S/C24H33NO2.ClH/c1-19-10-12-20(13-11-19)18-27-23-15-14-21(16-24(23)26-2)17-25-22-8-6-4-3-5-7-9-22;/h10-16,22,25H,3-9,17-18H2,1-2H3;1H. The fraction of sp³-hybridized carbons (Fsp3) is 0.500. The van der Waals surface area contributed by atoms with Crippen molar-refractivity contribution in [2.75, 3.05) is 7.11 Å². The van der Waals surface area contributed by atoms with Crippen LogP contribution in [0.1, 0.15) is 61.6 Å². The van der Waals surface area contributed by atoms with Crippen LogP contribution in [0.2, 0.25) is 0 Å². The first-order valence-electron chi connectivity index (χ1n) is 10.3. The Balaban J connectivity index is 0.00000280. The highest BCUT2D eigenvalue weighted by Gasteiger charge is 2.12. The van der Waals surface area contributed by atoms with Gasteiger partial charge in [-0.3, -0.25) is 0 Å². The summed E-state index contributed by atoms with van der Waals surface area (Å²) in [4.78, 5) is 0. The van der Waals surface area contributed by atoms with Crippen LogP contribution in [0.25, 0.3) is 0 Å². The molecule has 0 radical (unpaired) electrons. The van der Waals surface area contributed by atoms with Crippen LogP contribution in [-0.2, 0) is 13.2 Å². The van der Waals surface area contributed by atoms with Gasteiger partial charge >= 0.3 is 0 Å². The summed E-state index contributed by atoms with van der Waals surface area (Å²) in [5.41, 5.74) is 3.67. The molecule has 0 bridgehead atoms. The SMILES string of the molecule is COc1cc(CNC2CCCCCCC2)ccc1OCc1ccc(C)cc1.Cl. The molecule has 3 rings (SSSR count). The summed E-state index contributed by atoms with van der Waals surface area (Å²) in [6.45, 7) is 3.53. The molecule has 1 fully saturated rings. The van der Waals surface area contributed by atoms with Crippen LogP contribution < -0.4 is 14.8 Å². The Morgan fingerprint density at radius 3 is 2.18 bits per heavy atom. The molecule has 28 heavy (non-hydrogen) atoms. The zero-order valence-electron chi connectivity index (χ0n) is 17.2. The predicted octanol–water partition coefficient (Wildman–Crippen LogP) is 6.21. The molecule has 2 aromatic rings. The lowest BCUT2D eigenvalue weighted by Crippen LogP contribution is -2.29. The number of aryl methyl sites for hydroxylation is 1. The average Bonchev–Trinajstić information content (AvgIpc) is 2.67. The zero-order valence-corrected chi connectivity index (χ0v) is 18.0. The Hall–Kier alpha value is -1.71. The highest BCUT2D eigenvalue weighted by atomic mass is 35.5. The molecule has 1 N–H and O–H groups in total. The van der Waals surface area contributed by atoms with Gasteiger partial charge in [0.2, 0.25) is 0 Å². The van der Waals surface area contributed by atoms with Gasteiger partial charge in [0.25, 0.3) is 0 Å². The van der Waals surface area contributed by atoms with Crippen LogP contribution >= 0.6 is 12.4 Å². The lowest BCUT2D eigenvalue weighted by atomic mass is 9.96. The van der Waals surface area contributed by atoms with E-state index in [1.54, 1.807) is 7.11 Å². The molecule has 0 amide bonds. The van der Waals surface area contributed by atoms with E-state index >= 15 is 0 Å². The maximum absolute atomic E-state index is 5.99. The Morgan fingerprint density at radius 1 is 0.857 bits per heavy atom. The smallest absolute Gasteiger partial charge is 0.161 e. The second-order valence-corrected chi connectivity index (χ2v) is 7.68. The summed E-state index contributed by atoms with van der Waals surface area (Å²) in [6, 6.07) is 15.4. The number of benzene rings is 2. The van der Waals surface area contributed by atoms with E-state index in [4.69, 9.17) is 9.47 Å². The van der Waals surface area contributed by atoms with Gasteiger partial charge in [-0.2, -0.15) is 0 Å². The number of rotatable bonds is 7. The number of halogens is 1. The summed E-state index contributed by atoms with van der Waals surface area (Å²) in [5.74, 6) is 1.60. The number of methoxy groups -OCH3 is 1. The third kappa shape index (κ3) is 7.03. The topological polar surface area (TPSA) is 30.5 Å². The molecule has 3 nitrogen and oxygen atoms in total. The van der Waals surface area contributed by atoms with Gasteiger partial charge in [0.1, 0.15) is 6.61 Å². The maximum Gasteiger partial charge on any atom is 0.161 e. The molecule has 0 atom stereocenters. The van der Waals surface area contributed by atoms with Crippen molar-refractivity contribution in [1.82, 2.24) is 5.32 Å². The molecule has 1 aliphatic rings. The monoisotopic (exact) mass is 403 g/mol. The van der Waals surface area contributed by atoms with Crippen molar-refractivity contribution in [3.05, 3.63) is 59.2 Å². The minimum Gasteiger partial charge on any atom is -0.493 e. The summed E-state index contributed by atoms with van der Waals surface area (Å²) in [6.07, 6.45) is 9.50. The second-order valence-electron chi connectivity index (χ2n) is 7.68. The van der Waals surface area contributed by atoms with E-state index in [-0.39, 0.29) is 12.4 Å². The van der Waals surface area contributed by atoms with Gasteiger partial charge in [0.15, 0.2) is 11.5 Å². The summed E-state index contributed by atoms with van der Waals surface area (Å²) < 4.78 is 11.6. The number of ether oxygens (including phenoxy) is 2. The summed E-state index contributed by atoms with van der Waals surface area (Å²) in [7, 11) is 1.71. The normalized spacial score (nSPS) is 15.2. The molecule has 4 heteroatoms. The van der Waals surface area contributed by atoms with E-state index in [1.807, 2.05) is 6.07 Å². The molecule has 0 aromatic heterocycles. The average molecular weight is 404 g/mol. The van der Waals surface area contributed by atoms with Crippen molar-refractivity contribution in [1.29, 1.82) is 0 Å². The quantitative estimate of drug-likeness (QED) is 0.596. The van der Waals surface area contributed by atoms with E-state index < -0.39 is 0 Å². The predicted molar refractivity (Wildman–Crippen MR) is 119 cm³/mol. The van der Waals surface area contributed by atoms with E-state index in [9.17, 15) is 0 Å². The van der Waals surface area contributed by atoms with Crippen molar-refractivity contribution < 1.29 is 9.47 Å². The number of nitrogens with one attached hydrogen (secondary N) is 1. The Kier molecular flexibility index (Phi) is 9.66. The zero-order chi connectivity index (χ0) is 18.9. The van der Waals surface area contributed by atoms with Crippen LogP contribution in [0.4, 0.5) is 0 Å². The molecule has 0 aliphatic heterocycles. The van der Waals surface area contributed by atoms with Gasteiger partial charge in [-0.25, -0.2) is 0 Å². The molecular weight excluding hydrogens is 370 g/mol. The fourth-order valence-electron chi connectivity index (χ4n) is 3.71. The number of hydrogen-bond acceptors (Lipinski definition) is 3. The van der Waals surface area contributed by atoms with Crippen LogP contribution in [0, 0.1) is 6.92 Å². The number of hydrogen-bond donors (Lipinski definition) is 1. The van der Waals surface area contributed by atoms with Crippen molar-refractivity contribution in [2.24, 2.45) is 0 Å². The van der Waals surface area contributed by atoms with Gasteiger partial charge < -0.3 is 14.8 Å². The molecule has 0 heterocycles. The van der Waals surface area contributed by atoms with Crippen molar-refractivity contribution >= 4 is 12.4 Å². The molecule has 0 spiro atoms. The first-order valence-corrected chi connectivity index (χ1v) is 10.3. The van der Waals surface area contributed by atoms with Gasteiger partial charge in [-0.1, -0.05) is 68.0 Å². The van der Waals surface area contributed by atoms with Gasteiger partial charge in [-0.05, 0) is 43.0 Å². The summed E-state index contributed by atoms with van der Waals surface area (Å²) in [5, 5.41) is 3.74. The van der Waals surface area contributed by atoms with Crippen LogP contribution in [-0.4, -0.2) is 13.2 Å². The van der Waals surface area contributed by atoms with Crippen molar-refractivity contribution in [3.8, 4) is 11.5 Å². The lowest BCUT2D eigenvalue weighted by Gasteiger charge is -2.21. The molecule has 154 valence electrons. The highest BCUT2D eigenvalue weighted by molar-refractivity contribution is 5.85. The Morgan fingerprint density at radius 2 is 1.50 bits per heavy atom.